The fourth-order valence-corrected chi connectivity index (χ4v) is 4.74. The number of nitrogens with zero attached hydrogens (tertiary/aromatic N) is 4. The SMILES string of the molecule is Cc1cnc2n1CCN(C)C21CCN(Cc2ccsc2)CC1. The van der Waals surface area contributed by atoms with Crippen LogP contribution in [-0.2, 0) is 18.6 Å². The molecule has 0 aliphatic carbocycles. The average Bonchev–Trinajstić information content (AvgIpc) is 3.16. The molecule has 118 valence electrons. The third kappa shape index (κ3) is 2.23. The van der Waals surface area contributed by atoms with Gasteiger partial charge in [0.1, 0.15) is 5.82 Å². The van der Waals surface area contributed by atoms with Crippen molar-refractivity contribution in [2.45, 2.75) is 38.4 Å². The first-order valence-corrected chi connectivity index (χ1v) is 9.11. The third-order valence-corrected chi connectivity index (χ3v) is 6.26. The van der Waals surface area contributed by atoms with Crippen LogP contribution in [0.3, 0.4) is 0 Å². The highest BCUT2D eigenvalue weighted by atomic mass is 32.1. The topological polar surface area (TPSA) is 24.3 Å². The summed E-state index contributed by atoms with van der Waals surface area (Å²) < 4.78 is 2.44. The number of rotatable bonds is 2. The molecule has 0 aromatic carbocycles. The molecular weight excluding hydrogens is 292 g/mol. The monoisotopic (exact) mass is 316 g/mol. The van der Waals surface area contributed by atoms with Crippen LogP contribution in [0.4, 0.5) is 0 Å². The maximum atomic E-state index is 4.79. The Balaban J connectivity index is 1.54. The lowest BCUT2D eigenvalue weighted by atomic mass is 9.83. The quantitative estimate of drug-likeness (QED) is 0.851. The van der Waals surface area contributed by atoms with Crippen molar-refractivity contribution in [3.05, 3.63) is 40.1 Å². The van der Waals surface area contributed by atoms with Crippen molar-refractivity contribution in [2.24, 2.45) is 0 Å². The van der Waals surface area contributed by atoms with Gasteiger partial charge in [-0.3, -0.25) is 9.80 Å². The van der Waals surface area contributed by atoms with E-state index in [1.807, 2.05) is 6.20 Å². The van der Waals surface area contributed by atoms with Crippen LogP contribution in [0.5, 0.6) is 0 Å². The van der Waals surface area contributed by atoms with Crippen molar-refractivity contribution in [3.63, 3.8) is 0 Å². The van der Waals surface area contributed by atoms with Crippen LogP contribution in [0.1, 0.15) is 29.9 Å². The zero-order valence-corrected chi connectivity index (χ0v) is 14.3. The van der Waals surface area contributed by atoms with E-state index in [1.54, 1.807) is 11.3 Å². The molecule has 0 N–H and O–H groups in total. The first kappa shape index (κ1) is 14.4. The highest BCUT2D eigenvalue weighted by Gasteiger charge is 2.45. The Bertz CT molecular complexity index is 638. The van der Waals surface area contributed by atoms with Gasteiger partial charge in [0, 0.05) is 44.6 Å². The van der Waals surface area contributed by atoms with E-state index in [0.717, 1.165) is 32.7 Å². The van der Waals surface area contributed by atoms with Crippen molar-refractivity contribution in [2.75, 3.05) is 26.7 Å². The number of likely N-dealkylation sites (N-methyl/N-ethyl adjacent to an activating group) is 1. The molecule has 4 rings (SSSR count). The van der Waals surface area contributed by atoms with Gasteiger partial charge < -0.3 is 4.57 Å². The smallest absolute Gasteiger partial charge is 0.129 e. The molecular formula is C17H24N4S. The van der Waals surface area contributed by atoms with Crippen LogP contribution in [0, 0.1) is 6.92 Å². The molecule has 1 fully saturated rings. The van der Waals surface area contributed by atoms with E-state index in [9.17, 15) is 0 Å². The first-order chi connectivity index (χ1) is 10.7. The van der Waals surface area contributed by atoms with Gasteiger partial charge in [-0.1, -0.05) is 0 Å². The Morgan fingerprint density at radius 1 is 1.23 bits per heavy atom. The maximum absolute atomic E-state index is 4.79. The van der Waals surface area contributed by atoms with Gasteiger partial charge in [-0.05, 0) is 49.2 Å². The number of likely N-dealkylation sites (tertiary alicyclic amines) is 1. The molecule has 2 aromatic rings. The van der Waals surface area contributed by atoms with E-state index in [0.29, 0.717) is 0 Å². The van der Waals surface area contributed by atoms with E-state index in [-0.39, 0.29) is 5.54 Å². The second-order valence-electron chi connectivity index (χ2n) is 6.74. The highest BCUT2D eigenvalue weighted by molar-refractivity contribution is 7.07. The molecule has 4 heterocycles. The molecule has 1 spiro atoms. The van der Waals surface area contributed by atoms with Crippen LogP contribution in [0.2, 0.25) is 0 Å². The number of hydrogen-bond acceptors (Lipinski definition) is 4. The summed E-state index contributed by atoms with van der Waals surface area (Å²) in [4.78, 5) is 9.93. The predicted octanol–water partition coefficient (Wildman–Crippen LogP) is 2.69. The molecule has 1 saturated heterocycles. The lowest BCUT2D eigenvalue weighted by Gasteiger charge is -2.49. The Morgan fingerprint density at radius 2 is 2.05 bits per heavy atom. The molecule has 0 radical (unpaired) electrons. The minimum Gasteiger partial charge on any atom is -0.329 e. The molecule has 2 aromatic heterocycles. The molecule has 0 saturated carbocycles. The number of imidazole rings is 1. The summed E-state index contributed by atoms with van der Waals surface area (Å²) in [5, 5.41) is 4.45. The molecule has 2 aliphatic heterocycles. The number of thiophene rings is 1. The van der Waals surface area contributed by atoms with E-state index >= 15 is 0 Å². The number of aryl methyl sites for hydroxylation is 1. The van der Waals surface area contributed by atoms with Crippen LogP contribution < -0.4 is 0 Å². The summed E-state index contributed by atoms with van der Waals surface area (Å²) in [6.07, 6.45) is 4.42. The molecule has 0 bridgehead atoms. The first-order valence-electron chi connectivity index (χ1n) is 8.16. The van der Waals surface area contributed by atoms with Crippen LogP contribution in [0.15, 0.2) is 23.0 Å². The molecule has 4 nitrogen and oxygen atoms in total. The van der Waals surface area contributed by atoms with Gasteiger partial charge in [-0.2, -0.15) is 11.3 Å². The third-order valence-electron chi connectivity index (χ3n) is 5.53. The molecule has 0 unspecified atom stereocenters. The van der Waals surface area contributed by atoms with Crippen molar-refractivity contribution >= 4 is 11.3 Å². The van der Waals surface area contributed by atoms with Gasteiger partial charge in [-0.15, -0.1) is 0 Å². The average molecular weight is 316 g/mol. The van der Waals surface area contributed by atoms with E-state index in [2.05, 4.69) is 45.2 Å². The zero-order chi connectivity index (χ0) is 15.2. The molecule has 0 amide bonds. The summed E-state index contributed by atoms with van der Waals surface area (Å²) in [7, 11) is 2.28. The molecule has 22 heavy (non-hydrogen) atoms. The normalized spacial score (nSPS) is 22.1. The number of hydrogen-bond donors (Lipinski definition) is 0. The number of piperidine rings is 1. The minimum absolute atomic E-state index is 0.150. The summed E-state index contributed by atoms with van der Waals surface area (Å²) >= 11 is 1.80. The summed E-state index contributed by atoms with van der Waals surface area (Å²) in [6, 6.07) is 2.25. The van der Waals surface area contributed by atoms with Crippen molar-refractivity contribution in [1.29, 1.82) is 0 Å². The fourth-order valence-electron chi connectivity index (χ4n) is 4.08. The molecule has 2 aliphatic rings. The Labute approximate surface area is 136 Å². The van der Waals surface area contributed by atoms with Crippen LogP contribution in [0.25, 0.3) is 0 Å². The van der Waals surface area contributed by atoms with E-state index < -0.39 is 0 Å². The Hall–Kier alpha value is -1.17. The number of fused-ring (bicyclic) bond motifs is 2. The molecule has 0 atom stereocenters. The second-order valence-corrected chi connectivity index (χ2v) is 7.52. The van der Waals surface area contributed by atoms with Crippen LogP contribution >= 0.6 is 11.3 Å². The lowest BCUT2D eigenvalue weighted by Crippen LogP contribution is -2.56. The fraction of sp³-hybridized carbons (Fsp3) is 0.588. The van der Waals surface area contributed by atoms with Gasteiger partial charge in [0.2, 0.25) is 0 Å². The van der Waals surface area contributed by atoms with Gasteiger partial charge in [0.25, 0.3) is 0 Å². The zero-order valence-electron chi connectivity index (χ0n) is 13.5. The highest BCUT2D eigenvalue weighted by Crippen LogP contribution is 2.40. The van der Waals surface area contributed by atoms with E-state index in [1.165, 1.54) is 29.9 Å². The lowest BCUT2D eigenvalue weighted by molar-refractivity contribution is 0.00639. The Morgan fingerprint density at radius 3 is 2.77 bits per heavy atom. The van der Waals surface area contributed by atoms with Crippen molar-refractivity contribution in [1.82, 2.24) is 19.4 Å². The van der Waals surface area contributed by atoms with Crippen molar-refractivity contribution < 1.29 is 0 Å². The summed E-state index contributed by atoms with van der Waals surface area (Å²) in [5.74, 6) is 1.30. The minimum atomic E-state index is 0.150. The maximum Gasteiger partial charge on any atom is 0.129 e. The van der Waals surface area contributed by atoms with Gasteiger partial charge >= 0.3 is 0 Å². The van der Waals surface area contributed by atoms with Gasteiger partial charge in [-0.25, -0.2) is 4.98 Å². The summed E-state index contributed by atoms with van der Waals surface area (Å²) in [5.41, 5.74) is 2.91. The molecule has 5 heteroatoms. The second kappa shape index (κ2) is 5.48. The largest absolute Gasteiger partial charge is 0.329 e. The van der Waals surface area contributed by atoms with Gasteiger partial charge in [0.15, 0.2) is 0 Å². The van der Waals surface area contributed by atoms with Gasteiger partial charge in [0.05, 0.1) is 5.54 Å². The number of aromatic nitrogens is 2. The van der Waals surface area contributed by atoms with E-state index in [4.69, 9.17) is 4.98 Å². The van der Waals surface area contributed by atoms with Crippen LogP contribution in [-0.4, -0.2) is 46.0 Å². The summed E-state index contributed by atoms with van der Waals surface area (Å²) in [6.45, 7) is 7.81. The predicted molar refractivity (Wildman–Crippen MR) is 90.1 cm³/mol. The van der Waals surface area contributed by atoms with Crippen molar-refractivity contribution in [3.8, 4) is 0 Å². The Kier molecular flexibility index (Phi) is 3.59. The standard InChI is InChI=1S/C17H24N4S/c1-14-11-18-16-17(19(2)8-9-21(14)16)4-6-20(7-5-17)12-15-3-10-22-13-15/h3,10-11,13H,4-9,12H2,1-2H3.